The number of halogens is 3. The largest absolute Gasteiger partial charge is 0.306 e. The molecule has 3 atom stereocenters. The van der Waals surface area contributed by atoms with E-state index < -0.39 is 11.2 Å². The second-order valence-electron chi connectivity index (χ2n) is 6.90. The Hall–Kier alpha value is -1.78. The van der Waals surface area contributed by atoms with Gasteiger partial charge in [0.2, 0.25) is 0 Å². The summed E-state index contributed by atoms with van der Waals surface area (Å²) in [7, 11) is 0. The van der Waals surface area contributed by atoms with E-state index in [1.807, 2.05) is 30.3 Å². The fourth-order valence-corrected chi connectivity index (χ4v) is 4.10. The molecule has 1 aliphatic carbocycles. The molecule has 0 aromatic heterocycles. The molecule has 4 rings (SSSR count). The number of hydrogen-bond acceptors (Lipinski definition) is 2. The molecule has 2 aromatic carbocycles. The number of benzene rings is 2. The zero-order valence-electron chi connectivity index (χ0n) is 13.7. The average molecular weight is 364 g/mol. The number of aryl methyl sites for hydroxylation is 1. The fourth-order valence-electron chi connectivity index (χ4n) is 4.10. The molecule has 1 aliphatic heterocycles. The third-order valence-electron chi connectivity index (χ3n) is 5.49. The Labute approximate surface area is 152 Å². The van der Waals surface area contributed by atoms with Crippen LogP contribution in [-0.2, 0) is 16.6 Å². The van der Waals surface area contributed by atoms with Crippen LogP contribution in [-0.4, -0.2) is 18.4 Å². The maximum atomic E-state index is 14.1. The summed E-state index contributed by atoms with van der Waals surface area (Å²) in [4.78, 5) is 12.6. The molecule has 1 N–H and O–H groups in total. The van der Waals surface area contributed by atoms with Crippen molar-refractivity contribution in [1.29, 1.82) is 0 Å². The van der Waals surface area contributed by atoms with E-state index in [0.717, 1.165) is 18.1 Å². The Bertz CT molecular complexity index is 783. The first-order valence-corrected chi connectivity index (χ1v) is 8.36. The second-order valence-corrected chi connectivity index (χ2v) is 6.90. The van der Waals surface area contributed by atoms with Gasteiger partial charge in [0, 0.05) is 18.4 Å². The van der Waals surface area contributed by atoms with E-state index in [0.29, 0.717) is 24.9 Å². The summed E-state index contributed by atoms with van der Waals surface area (Å²) in [5, 5.41) is 3.24. The van der Waals surface area contributed by atoms with E-state index in [1.54, 1.807) is 0 Å². The van der Waals surface area contributed by atoms with Gasteiger partial charge in [-0.1, -0.05) is 30.3 Å². The lowest BCUT2D eigenvalue weighted by molar-refractivity contribution is -0.121. The van der Waals surface area contributed by atoms with E-state index in [4.69, 9.17) is 0 Å². The summed E-state index contributed by atoms with van der Waals surface area (Å²) in [6.07, 6.45) is 1.94. The smallest absolute Gasteiger partial charge is 0.150 e. The molecule has 25 heavy (non-hydrogen) atoms. The van der Waals surface area contributed by atoms with Gasteiger partial charge in [0.05, 0.1) is 6.04 Å². The lowest BCUT2D eigenvalue weighted by Gasteiger charge is -2.13. The number of carbonyl (C=O) groups excluding carboxylic acids is 1. The van der Waals surface area contributed by atoms with Gasteiger partial charge < -0.3 is 5.32 Å². The third kappa shape index (κ3) is 3.21. The van der Waals surface area contributed by atoms with Crippen molar-refractivity contribution in [2.75, 3.05) is 6.54 Å². The molecule has 1 saturated carbocycles. The zero-order valence-corrected chi connectivity index (χ0v) is 14.5. The number of nitrogens with one attached hydrogen (secondary N) is 1. The van der Waals surface area contributed by atoms with Gasteiger partial charge in [-0.25, -0.2) is 8.78 Å². The number of rotatable bonds is 5. The van der Waals surface area contributed by atoms with Crippen molar-refractivity contribution in [2.45, 2.75) is 30.7 Å². The van der Waals surface area contributed by atoms with Crippen molar-refractivity contribution in [1.82, 2.24) is 5.32 Å². The standard InChI is InChI=1S/C20H19F2NO.ClH/c21-14-7-8-17(22)15(10-14)20-11-16(20)19(23-12-20)18(24)9-6-13-4-2-1-3-5-13;/h1-5,7-8,10,16,19,23H,6,9,11-12H2;1H/t16-,19?,20+;/m0./s1. The van der Waals surface area contributed by atoms with Crippen molar-refractivity contribution in [3.05, 3.63) is 71.3 Å². The van der Waals surface area contributed by atoms with E-state index >= 15 is 0 Å². The Morgan fingerprint density at radius 1 is 1.16 bits per heavy atom. The minimum atomic E-state index is -0.426. The number of ketones is 1. The molecular weight excluding hydrogens is 344 g/mol. The lowest BCUT2D eigenvalue weighted by Crippen LogP contribution is -2.35. The molecular formula is C20H20ClF2NO. The van der Waals surface area contributed by atoms with E-state index in [9.17, 15) is 13.6 Å². The SMILES string of the molecule is Cl.O=C(CCc1ccccc1)C1NC[C@@]2(c3cc(F)ccc3F)C[C@@H]12. The molecule has 132 valence electrons. The topological polar surface area (TPSA) is 29.1 Å². The van der Waals surface area contributed by atoms with Crippen LogP contribution in [0.1, 0.15) is 24.0 Å². The van der Waals surface area contributed by atoms with Crippen molar-refractivity contribution in [3.8, 4) is 0 Å². The van der Waals surface area contributed by atoms with Crippen LogP contribution in [0.15, 0.2) is 48.5 Å². The molecule has 1 unspecified atom stereocenters. The van der Waals surface area contributed by atoms with Gasteiger partial charge in [-0.15, -0.1) is 12.4 Å². The Balaban J connectivity index is 0.00000182. The molecule has 2 fully saturated rings. The first-order valence-electron chi connectivity index (χ1n) is 8.36. The molecule has 0 amide bonds. The van der Waals surface area contributed by atoms with Gasteiger partial charge in [0.1, 0.15) is 17.4 Å². The highest BCUT2D eigenvalue weighted by atomic mass is 35.5. The molecule has 2 aliphatic rings. The van der Waals surface area contributed by atoms with E-state index in [1.165, 1.54) is 12.1 Å². The van der Waals surface area contributed by atoms with Gasteiger partial charge >= 0.3 is 0 Å². The number of hydrogen-bond donors (Lipinski definition) is 1. The third-order valence-corrected chi connectivity index (χ3v) is 5.49. The molecule has 2 aromatic rings. The second kappa shape index (κ2) is 6.85. The van der Waals surface area contributed by atoms with Gasteiger partial charge in [0.25, 0.3) is 0 Å². The molecule has 5 heteroatoms. The van der Waals surface area contributed by atoms with Crippen LogP contribution in [0.5, 0.6) is 0 Å². The first kappa shape index (κ1) is 18.0. The Morgan fingerprint density at radius 2 is 1.92 bits per heavy atom. The molecule has 0 radical (unpaired) electrons. The molecule has 2 nitrogen and oxygen atoms in total. The van der Waals surface area contributed by atoms with Gasteiger partial charge in [-0.2, -0.15) is 0 Å². The summed E-state index contributed by atoms with van der Waals surface area (Å²) >= 11 is 0. The molecule has 1 heterocycles. The predicted molar refractivity (Wildman–Crippen MR) is 95.0 cm³/mol. The van der Waals surface area contributed by atoms with Crippen LogP contribution in [0, 0.1) is 17.6 Å². The maximum Gasteiger partial charge on any atom is 0.150 e. The Kier molecular flexibility index (Phi) is 4.94. The summed E-state index contributed by atoms with van der Waals surface area (Å²) < 4.78 is 27.6. The van der Waals surface area contributed by atoms with Crippen molar-refractivity contribution < 1.29 is 13.6 Å². The average Bonchev–Trinajstić information content (AvgIpc) is 3.21. The minimum absolute atomic E-state index is 0. The van der Waals surface area contributed by atoms with Crippen molar-refractivity contribution >= 4 is 18.2 Å². The fraction of sp³-hybridized carbons (Fsp3) is 0.350. The highest BCUT2D eigenvalue weighted by Crippen LogP contribution is 2.59. The molecule has 0 bridgehead atoms. The number of piperidine rings is 1. The van der Waals surface area contributed by atoms with Crippen LogP contribution in [0.4, 0.5) is 8.78 Å². The highest BCUT2D eigenvalue weighted by Gasteiger charge is 2.64. The van der Waals surface area contributed by atoms with Crippen LogP contribution in [0.25, 0.3) is 0 Å². The minimum Gasteiger partial charge on any atom is -0.306 e. The summed E-state index contributed by atoms with van der Waals surface area (Å²) in [5.41, 5.74) is 1.15. The predicted octanol–water partition coefficient (Wildman–Crippen LogP) is 3.82. The van der Waals surface area contributed by atoms with Crippen LogP contribution in [0.3, 0.4) is 0 Å². The molecule has 1 saturated heterocycles. The first-order chi connectivity index (χ1) is 11.6. The number of carbonyl (C=O) groups is 1. The summed E-state index contributed by atoms with van der Waals surface area (Å²) in [5.74, 6) is -0.555. The quantitative estimate of drug-likeness (QED) is 0.875. The zero-order chi connectivity index (χ0) is 16.7. The van der Waals surface area contributed by atoms with Crippen LogP contribution in [0.2, 0.25) is 0 Å². The summed E-state index contributed by atoms with van der Waals surface area (Å²) in [6.45, 7) is 0.541. The normalized spacial score (nSPS) is 26.6. The lowest BCUT2D eigenvalue weighted by atomic mass is 9.92. The summed E-state index contributed by atoms with van der Waals surface area (Å²) in [6, 6.07) is 13.3. The number of fused-ring (bicyclic) bond motifs is 1. The van der Waals surface area contributed by atoms with E-state index in [2.05, 4.69) is 5.32 Å². The molecule has 0 spiro atoms. The number of Topliss-reactive ketones (excluding diaryl/α,β-unsaturated/α-hetero) is 1. The van der Waals surface area contributed by atoms with Gasteiger partial charge in [-0.05, 0) is 48.1 Å². The van der Waals surface area contributed by atoms with Crippen LogP contribution >= 0.6 is 12.4 Å². The van der Waals surface area contributed by atoms with Gasteiger partial charge in [-0.3, -0.25) is 4.79 Å². The maximum absolute atomic E-state index is 14.1. The van der Waals surface area contributed by atoms with Crippen molar-refractivity contribution in [2.24, 2.45) is 5.92 Å². The van der Waals surface area contributed by atoms with E-state index in [-0.39, 0.29) is 36.0 Å². The highest BCUT2D eigenvalue weighted by molar-refractivity contribution is 5.86. The van der Waals surface area contributed by atoms with Gasteiger partial charge in [0.15, 0.2) is 0 Å². The Morgan fingerprint density at radius 3 is 2.64 bits per heavy atom. The van der Waals surface area contributed by atoms with Crippen molar-refractivity contribution in [3.63, 3.8) is 0 Å². The monoisotopic (exact) mass is 363 g/mol. The van der Waals surface area contributed by atoms with Crippen LogP contribution < -0.4 is 5.32 Å².